The van der Waals surface area contributed by atoms with Crippen molar-refractivity contribution in [3.05, 3.63) is 35.9 Å². The molecule has 0 radical (unpaired) electrons. The van der Waals surface area contributed by atoms with Gasteiger partial charge in [-0.05, 0) is 12.5 Å². The lowest BCUT2D eigenvalue weighted by Crippen LogP contribution is -2.82. The molecule has 21 heavy (non-hydrogen) atoms. The third-order valence-electron chi connectivity index (χ3n) is 6.00. The number of benzene rings is 1. The smallest absolute Gasteiger partial charge is 0.149 e. The second-order valence-corrected chi connectivity index (χ2v) is 8.04. The van der Waals surface area contributed by atoms with Gasteiger partial charge in [-0.3, -0.25) is 14.6 Å². The van der Waals surface area contributed by atoms with Gasteiger partial charge in [0.25, 0.3) is 0 Å². The van der Waals surface area contributed by atoms with Crippen LogP contribution in [0, 0.1) is 10.8 Å². The van der Waals surface area contributed by atoms with Gasteiger partial charge >= 0.3 is 0 Å². The minimum absolute atomic E-state index is 0.0566. The van der Waals surface area contributed by atoms with Gasteiger partial charge in [-0.15, -0.1) is 0 Å². The molecule has 3 nitrogen and oxygen atoms in total. The Morgan fingerprint density at radius 1 is 0.905 bits per heavy atom. The van der Waals surface area contributed by atoms with Crippen LogP contribution in [-0.2, 0) is 11.2 Å². The average Bonchev–Trinajstić information content (AvgIpc) is 2.42. The first-order chi connectivity index (χ1) is 9.86. The number of ketones is 1. The van der Waals surface area contributed by atoms with Crippen molar-refractivity contribution in [3.8, 4) is 0 Å². The first-order valence-electron chi connectivity index (χ1n) is 7.95. The zero-order chi connectivity index (χ0) is 14.9. The summed E-state index contributed by atoms with van der Waals surface area (Å²) in [4.78, 5) is 17.9. The van der Waals surface area contributed by atoms with E-state index >= 15 is 0 Å². The van der Waals surface area contributed by atoms with E-state index in [2.05, 4.69) is 60.9 Å². The van der Waals surface area contributed by atoms with Crippen LogP contribution in [0.2, 0.25) is 0 Å². The molecule has 4 heterocycles. The average molecular weight is 284 g/mol. The van der Waals surface area contributed by atoms with Crippen molar-refractivity contribution in [3.63, 3.8) is 0 Å². The Bertz CT molecular complexity index is 554. The summed E-state index contributed by atoms with van der Waals surface area (Å²) in [5, 5.41) is 0. The van der Waals surface area contributed by atoms with Gasteiger partial charge in [0.1, 0.15) is 5.78 Å². The van der Waals surface area contributed by atoms with Gasteiger partial charge in [0.05, 0.1) is 16.5 Å². The number of rotatable bonds is 2. The molecular formula is C18H24N2O. The van der Waals surface area contributed by atoms with E-state index in [0.717, 1.165) is 32.6 Å². The van der Waals surface area contributed by atoms with Gasteiger partial charge in [-0.25, -0.2) is 0 Å². The van der Waals surface area contributed by atoms with Crippen LogP contribution in [0.3, 0.4) is 0 Å². The largest absolute Gasteiger partial charge is 0.298 e. The molecule has 3 heteroatoms. The van der Waals surface area contributed by atoms with Gasteiger partial charge in [0.2, 0.25) is 0 Å². The molecule has 0 saturated carbocycles. The Hall–Kier alpha value is -1.19. The maximum absolute atomic E-state index is 12.7. The number of nitrogens with zero attached hydrogens (tertiary/aromatic N) is 2. The summed E-state index contributed by atoms with van der Waals surface area (Å²) in [5.74, 6) is 0.490. The Morgan fingerprint density at radius 2 is 1.38 bits per heavy atom. The SMILES string of the molecule is CC12CN3CC(C)(CN(C1)C3(C)Cc1ccccc1)C2=O. The second kappa shape index (κ2) is 3.96. The Morgan fingerprint density at radius 3 is 1.86 bits per heavy atom. The van der Waals surface area contributed by atoms with Crippen LogP contribution in [0.5, 0.6) is 0 Å². The van der Waals surface area contributed by atoms with Crippen molar-refractivity contribution < 1.29 is 4.79 Å². The van der Waals surface area contributed by atoms with Gasteiger partial charge < -0.3 is 0 Å². The molecule has 0 aromatic heterocycles. The van der Waals surface area contributed by atoms with Crippen LogP contribution in [0.4, 0.5) is 0 Å². The molecule has 0 amide bonds. The molecule has 1 aromatic carbocycles. The van der Waals surface area contributed by atoms with Gasteiger partial charge in [0, 0.05) is 32.6 Å². The quantitative estimate of drug-likeness (QED) is 0.831. The second-order valence-electron chi connectivity index (χ2n) is 8.04. The Labute approximate surface area is 126 Å². The van der Waals surface area contributed by atoms with Crippen molar-refractivity contribution in [1.29, 1.82) is 0 Å². The molecule has 4 saturated heterocycles. The van der Waals surface area contributed by atoms with Gasteiger partial charge in [-0.2, -0.15) is 0 Å². The van der Waals surface area contributed by atoms with E-state index in [4.69, 9.17) is 0 Å². The Balaban J connectivity index is 1.70. The molecule has 1 aromatic rings. The number of Topliss-reactive ketones (excluding diaryl/α,β-unsaturated/α-hetero) is 1. The minimum Gasteiger partial charge on any atom is -0.298 e. The summed E-state index contributed by atoms with van der Waals surface area (Å²) < 4.78 is 0. The zero-order valence-corrected chi connectivity index (χ0v) is 13.2. The lowest BCUT2D eigenvalue weighted by atomic mass is 9.60. The number of hydrogen-bond acceptors (Lipinski definition) is 3. The highest BCUT2D eigenvalue weighted by molar-refractivity contribution is 5.92. The van der Waals surface area contributed by atoms with E-state index in [0.29, 0.717) is 5.78 Å². The van der Waals surface area contributed by atoms with E-state index in [1.165, 1.54) is 5.56 Å². The molecule has 0 unspecified atom stereocenters. The highest BCUT2D eigenvalue weighted by Crippen LogP contribution is 2.52. The molecule has 0 atom stereocenters. The lowest BCUT2D eigenvalue weighted by molar-refractivity contribution is -0.224. The topological polar surface area (TPSA) is 23.6 Å². The third-order valence-corrected chi connectivity index (χ3v) is 6.00. The molecule has 4 fully saturated rings. The van der Waals surface area contributed by atoms with Gasteiger partial charge in [-0.1, -0.05) is 44.2 Å². The third kappa shape index (κ3) is 1.71. The van der Waals surface area contributed by atoms with Crippen LogP contribution < -0.4 is 0 Å². The number of carbonyl (C=O) groups excluding carboxylic acids is 1. The summed E-state index contributed by atoms with van der Waals surface area (Å²) in [6.07, 6.45) is 1.04. The van der Waals surface area contributed by atoms with Crippen molar-refractivity contribution in [1.82, 2.24) is 9.80 Å². The van der Waals surface area contributed by atoms with Crippen molar-refractivity contribution in [2.24, 2.45) is 10.8 Å². The van der Waals surface area contributed by atoms with Crippen LogP contribution in [0.25, 0.3) is 0 Å². The molecule has 112 valence electrons. The summed E-state index contributed by atoms with van der Waals surface area (Å²) in [6, 6.07) is 10.7. The molecule has 0 spiro atoms. The molecular weight excluding hydrogens is 260 g/mol. The van der Waals surface area contributed by atoms with Crippen molar-refractivity contribution >= 4 is 5.78 Å². The van der Waals surface area contributed by atoms with Crippen molar-refractivity contribution in [2.75, 3.05) is 26.2 Å². The van der Waals surface area contributed by atoms with E-state index in [9.17, 15) is 4.79 Å². The van der Waals surface area contributed by atoms with Crippen molar-refractivity contribution in [2.45, 2.75) is 32.9 Å². The summed E-state index contributed by atoms with van der Waals surface area (Å²) in [7, 11) is 0. The fourth-order valence-electron chi connectivity index (χ4n) is 5.00. The fourth-order valence-corrected chi connectivity index (χ4v) is 5.00. The molecule has 4 aliphatic rings. The maximum atomic E-state index is 12.7. The van der Waals surface area contributed by atoms with E-state index in [-0.39, 0.29) is 16.5 Å². The molecule has 0 N–H and O–H groups in total. The number of carbonyl (C=O) groups is 1. The van der Waals surface area contributed by atoms with Crippen LogP contribution in [0.1, 0.15) is 26.3 Å². The maximum Gasteiger partial charge on any atom is 0.149 e. The summed E-state index contributed by atoms with van der Waals surface area (Å²) in [5.41, 5.74) is 1.11. The van der Waals surface area contributed by atoms with E-state index in [1.54, 1.807) is 0 Å². The normalized spacial score (nSPS) is 47.9. The van der Waals surface area contributed by atoms with Crippen LogP contribution >= 0.6 is 0 Å². The molecule has 4 bridgehead atoms. The first-order valence-corrected chi connectivity index (χ1v) is 7.95. The highest BCUT2D eigenvalue weighted by Gasteiger charge is 2.65. The fraction of sp³-hybridized carbons (Fsp3) is 0.611. The van der Waals surface area contributed by atoms with Gasteiger partial charge in [0.15, 0.2) is 0 Å². The number of piperidine rings is 2. The predicted octanol–water partition coefficient (Wildman–Crippen LogP) is 2.17. The zero-order valence-electron chi connectivity index (χ0n) is 13.2. The number of hydrogen-bond donors (Lipinski definition) is 0. The lowest BCUT2D eigenvalue weighted by Gasteiger charge is -2.69. The minimum atomic E-state index is -0.165. The van der Waals surface area contributed by atoms with E-state index in [1.807, 2.05) is 0 Å². The molecule has 5 rings (SSSR count). The first kappa shape index (κ1) is 13.5. The molecule has 4 aliphatic heterocycles. The summed E-state index contributed by atoms with van der Waals surface area (Å²) >= 11 is 0. The predicted molar refractivity (Wildman–Crippen MR) is 82.9 cm³/mol. The van der Waals surface area contributed by atoms with Crippen LogP contribution in [0.15, 0.2) is 30.3 Å². The van der Waals surface area contributed by atoms with E-state index < -0.39 is 0 Å². The summed E-state index contributed by atoms with van der Waals surface area (Å²) in [6.45, 7) is 10.3. The highest BCUT2D eigenvalue weighted by atomic mass is 16.1. The van der Waals surface area contributed by atoms with Crippen LogP contribution in [-0.4, -0.2) is 47.4 Å². The Kier molecular flexibility index (Phi) is 2.54. The molecule has 0 aliphatic carbocycles. The standard InChI is InChI=1S/C18H24N2O/c1-16-10-19-12-17(2,15(16)21)13-20(11-16)18(19,3)9-14-7-5-4-6-8-14/h4-8H,9-13H2,1-3H3. The monoisotopic (exact) mass is 284 g/mol.